The maximum atomic E-state index is 12.8. The van der Waals surface area contributed by atoms with E-state index in [1.54, 1.807) is 12.3 Å². The van der Waals surface area contributed by atoms with Crippen molar-refractivity contribution >= 4 is 11.7 Å². The molecule has 6 nitrogen and oxygen atoms in total. The van der Waals surface area contributed by atoms with Gasteiger partial charge in [-0.25, -0.2) is 9.97 Å². The standard InChI is InChI=1S/C20H24N4O2/c1-15-5-4-6-17(22-15)19(25)24-11-9-20(14-24)13-16(8-12-26-20)23-18-7-2-3-10-21-18/h2-7,10,16H,8-9,11-14H2,1H3,(H,21,23)/t16-,20-/m1/s1. The number of carbonyl (C=O) groups excluding carboxylic acids is 1. The molecule has 4 rings (SSSR count). The number of pyridine rings is 2. The predicted octanol–water partition coefficient (Wildman–Crippen LogP) is 2.66. The summed E-state index contributed by atoms with van der Waals surface area (Å²) in [6, 6.07) is 11.8. The zero-order valence-corrected chi connectivity index (χ0v) is 15.0. The molecule has 0 radical (unpaired) electrons. The Balaban J connectivity index is 1.42. The van der Waals surface area contributed by atoms with Gasteiger partial charge in [0.15, 0.2) is 0 Å². The number of aromatic nitrogens is 2. The Labute approximate surface area is 153 Å². The molecule has 0 saturated carbocycles. The van der Waals surface area contributed by atoms with Crippen molar-refractivity contribution in [3.05, 3.63) is 54.0 Å². The van der Waals surface area contributed by atoms with Crippen LogP contribution in [0, 0.1) is 6.92 Å². The van der Waals surface area contributed by atoms with Gasteiger partial charge in [-0.1, -0.05) is 12.1 Å². The first-order valence-corrected chi connectivity index (χ1v) is 9.18. The minimum absolute atomic E-state index is 0.00557. The molecule has 0 unspecified atom stereocenters. The van der Waals surface area contributed by atoms with Crippen molar-refractivity contribution in [3.63, 3.8) is 0 Å². The van der Waals surface area contributed by atoms with Gasteiger partial charge in [0.1, 0.15) is 11.5 Å². The van der Waals surface area contributed by atoms with E-state index in [9.17, 15) is 4.79 Å². The molecule has 1 spiro atoms. The smallest absolute Gasteiger partial charge is 0.272 e. The van der Waals surface area contributed by atoms with Crippen LogP contribution in [0.15, 0.2) is 42.6 Å². The van der Waals surface area contributed by atoms with Gasteiger partial charge in [-0.05, 0) is 50.5 Å². The second kappa shape index (κ2) is 7.03. The molecule has 2 aliphatic rings. The summed E-state index contributed by atoms with van der Waals surface area (Å²) in [4.78, 5) is 23.4. The Kier molecular flexibility index (Phi) is 4.59. The molecular formula is C20H24N4O2. The fourth-order valence-electron chi connectivity index (χ4n) is 3.93. The molecule has 1 amide bonds. The third-order valence-corrected chi connectivity index (χ3v) is 5.22. The van der Waals surface area contributed by atoms with Crippen molar-refractivity contribution in [2.75, 3.05) is 25.0 Å². The third-order valence-electron chi connectivity index (χ3n) is 5.22. The van der Waals surface area contributed by atoms with E-state index in [2.05, 4.69) is 15.3 Å². The Hall–Kier alpha value is -2.47. The summed E-state index contributed by atoms with van der Waals surface area (Å²) in [5.74, 6) is 0.887. The first-order chi connectivity index (χ1) is 12.6. The van der Waals surface area contributed by atoms with Crippen LogP contribution in [0.3, 0.4) is 0 Å². The molecular weight excluding hydrogens is 328 g/mol. The molecule has 136 valence electrons. The molecule has 2 aromatic heterocycles. The number of nitrogens with one attached hydrogen (secondary N) is 1. The number of amides is 1. The largest absolute Gasteiger partial charge is 0.373 e. The number of anilines is 1. The summed E-state index contributed by atoms with van der Waals surface area (Å²) >= 11 is 0. The van der Waals surface area contributed by atoms with Gasteiger partial charge in [-0.3, -0.25) is 4.79 Å². The van der Waals surface area contributed by atoms with Crippen LogP contribution < -0.4 is 5.32 Å². The second-order valence-electron chi connectivity index (χ2n) is 7.22. The minimum atomic E-state index is -0.260. The van der Waals surface area contributed by atoms with Crippen LogP contribution in [0.1, 0.15) is 35.4 Å². The first-order valence-electron chi connectivity index (χ1n) is 9.18. The van der Waals surface area contributed by atoms with Gasteiger partial charge in [-0.2, -0.15) is 0 Å². The van der Waals surface area contributed by atoms with Crippen LogP contribution >= 0.6 is 0 Å². The van der Waals surface area contributed by atoms with Crippen molar-refractivity contribution < 1.29 is 9.53 Å². The fraction of sp³-hybridized carbons (Fsp3) is 0.450. The van der Waals surface area contributed by atoms with E-state index in [0.29, 0.717) is 31.4 Å². The van der Waals surface area contributed by atoms with Crippen LogP contribution in [0.4, 0.5) is 5.82 Å². The van der Waals surface area contributed by atoms with Crippen LogP contribution in [0.2, 0.25) is 0 Å². The van der Waals surface area contributed by atoms with Crippen molar-refractivity contribution in [2.45, 2.75) is 37.8 Å². The van der Waals surface area contributed by atoms with Crippen molar-refractivity contribution in [1.29, 1.82) is 0 Å². The molecule has 0 bridgehead atoms. The third kappa shape index (κ3) is 3.55. The summed E-state index contributed by atoms with van der Waals surface area (Å²) in [6.07, 6.45) is 4.49. The van der Waals surface area contributed by atoms with E-state index >= 15 is 0 Å². The molecule has 0 aromatic carbocycles. The van der Waals surface area contributed by atoms with Gasteiger partial charge in [0.2, 0.25) is 0 Å². The lowest BCUT2D eigenvalue weighted by molar-refractivity contribution is -0.0721. The Bertz CT molecular complexity index is 782. The highest BCUT2D eigenvalue weighted by Crippen LogP contribution is 2.35. The van der Waals surface area contributed by atoms with Crippen LogP contribution in [-0.4, -0.2) is 52.1 Å². The van der Waals surface area contributed by atoms with E-state index in [1.807, 2.05) is 42.2 Å². The minimum Gasteiger partial charge on any atom is -0.373 e. The number of ether oxygens (including phenoxy) is 1. The molecule has 2 fully saturated rings. The van der Waals surface area contributed by atoms with Crippen molar-refractivity contribution in [3.8, 4) is 0 Å². The topological polar surface area (TPSA) is 67.4 Å². The van der Waals surface area contributed by atoms with Crippen LogP contribution in [0.25, 0.3) is 0 Å². The maximum absolute atomic E-state index is 12.8. The van der Waals surface area contributed by atoms with Crippen LogP contribution in [0.5, 0.6) is 0 Å². The SMILES string of the molecule is Cc1cccc(C(=O)N2CC[C@@]3(C[C@H](Nc4ccccn4)CCO3)C2)n1. The highest BCUT2D eigenvalue weighted by Gasteiger charge is 2.45. The number of hydrogen-bond donors (Lipinski definition) is 1. The molecule has 2 aromatic rings. The number of nitrogens with zero attached hydrogens (tertiary/aromatic N) is 3. The van der Waals surface area contributed by atoms with E-state index in [-0.39, 0.29) is 11.5 Å². The molecule has 2 aliphatic heterocycles. The zero-order chi connectivity index (χ0) is 18.0. The van der Waals surface area contributed by atoms with Crippen molar-refractivity contribution in [2.24, 2.45) is 0 Å². The summed E-state index contributed by atoms with van der Waals surface area (Å²) in [7, 11) is 0. The lowest BCUT2D eigenvalue weighted by Crippen LogP contribution is -2.47. The van der Waals surface area contributed by atoms with Gasteiger partial charge >= 0.3 is 0 Å². The normalized spacial score (nSPS) is 25.4. The molecule has 4 heterocycles. The Morgan fingerprint density at radius 1 is 1.31 bits per heavy atom. The van der Waals surface area contributed by atoms with E-state index in [1.165, 1.54) is 0 Å². The number of carbonyl (C=O) groups is 1. The monoisotopic (exact) mass is 352 g/mol. The number of hydrogen-bond acceptors (Lipinski definition) is 5. The molecule has 1 N–H and O–H groups in total. The summed E-state index contributed by atoms with van der Waals surface area (Å²) in [5, 5.41) is 3.51. The van der Waals surface area contributed by atoms with Gasteiger partial charge in [-0.15, -0.1) is 0 Å². The zero-order valence-electron chi connectivity index (χ0n) is 15.0. The summed E-state index contributed by atoms with van der Waals surface area (Å²) in [5.41, 5.74) is 1.11. The van der Waals surface area contributed by atoms with E-state index in [4.69, 9.17) is 4.74 Å². The van der Waals surface area contributed by atoms with Gasteiger partial charge in [0, 0.05) is 31.1 Å². The first kappa shape index (κ1) is 17.0. The molecule has 6 heteroatoms. The number of aryl methyl sites for hydroxylation is 1. The summed E-state index contributed by atoms with van der Waals surface area (Å²) < 4.78 is 6.16. The number of likely N-dealkylation sites (tertiary alicyclic amines) is 1. The summed E-state index contributed by atoms with van der Waals surface area (Å²) in [6.45, 7) is 3.95. The highest BCUT2D eigenvalue weighted by atomic mass is 16.5. The fourth-order valence-corrected chi connectivity index (χ4v) is 3.93. The molecule has 26 heavy (non-hydrogen) atoms. The van der Waals surface area contributed by atoms with E-state index < -0.39 is 0 Å². The molecule has 2 saturated heterocycles. The number of rotatable bonds is 3. The highest BCUT2D eigenvalue weighted by molar-refractivity contribution is 5.92. The lowest BCUT2D eigenvalue weighted by Gasteiger charge is -2.38. The maximum Gasteiger partial charge on any atom is 0.272 e. The second-order valence-corrected chi connectivity index (χ2v) is 7.22. The van der Waals surface area contributed by atoms with E-state index in [0.717, 1.165) is 30.8 Å². The Morgan fingerprint density at radius 2 is 2.23 bits per heavy atom. The quantitative estimate of drug-likeness (QED) is 0.920. The predicted molar refractivity (Wildman–Crippen MR) is 99.1 cm³/mol. The lowest BCUT2D eigenvalue weighted by atomic mass is 9.89. The molecule has 0 aliphatic carbocycles. The van der Waals surface area contributed by atoms with Gasteiger partial charge < -0.3 is 15.0 Å². The Morgan fingerprint density at radius 3 is 3.04 bits per heavy atom. The molecule has 2 atom stereocenters. The van der Waals surface area contributed by atoms with Gasteiger partial charge in [0.05, 0.1) is 12.1 Å². The van der Waals surface area contributed by atoms with Crippen molar-refractivity contribution in [1.82, 2.24) is 14.9 Å². The van der Waals surface area contributed by atoms with Gasteiger partial charge in [0.25, 0.3) is 5.91 Å². The average Bonchev–Trinajstić information content (AvgIpc) is 3.05. The van der Waals surface area contributed by atoms with Crippen LogP contribution in [-0.2, 0) is 4.74 Å². The average molecular weight is 352 g/mol.